The summed E-state index contributed by atoms with van der Waals surface area (Å²) >= 11 is 0. The van der Waals surface area contributed by atoms with E-state index in [1.54, 1.807) is 30.3 Å². The second-order valence-corrected chi connectivity index (χ2v) is 5.79. The van der Waals surface area contributed by atoms with E-state index < -0.39 is 11.8 Å². The van der Waals surface area contributed by atoms with Gasteiger partial charge in [-0.3, -0.25) is 9.59 Å². The summed E-state index contributed by atoms with van der Waals surface area (Å²) in [6.45, 7) is 4.02. The van der Waals surface area contributed by atoms with E-state index in [-0.39, 0.29) is 24.9 Å². The summed E-state index contributed by atoms with van der Waals surface area (Å²) in [6, 6.07) is 12.8. The van der Waals surface area contributed by atoms with Crippen molar-refractivity contribution in [3.8, 4) is 5.75 Å². The Morgan fingerprint density at radius 2 is 1.72 bits per heavy atom. The summed E-state index contributed by atoms with van der Waals surface area (Å²) in [5.74, 6) is -0.630. The fourth-order valence-corrected chi connectivity index (χ4v) is 2.13. The Balaban J connectivity index is 1.85. The number of halogens is 1. The van der Waals surface area contributed by atoms with Gasteiger partial charge in [-0.25, -0.2) is 4.39 Å². The van der Waals surface area contributed by atoms with Crippen LogP contribution in [0, 0.1) is 5.82 Å². The molecule has 2 rings (SSSR count). The number of carbonyl (C=O) groups is 2. The first-order valence-electron chi connectivity index (χ1n) is 8.00. The van der Waals surface area contributed by atoms with Crippen LogP contribution >= 0.6 is 0 Å². The molecule has 5 nitrogen and oxygen atoms in total. The van der Waals surface area contributed by atoms with Crippen molar-refractivity contribution in [3.05, 3.63) is 59.9 Å². The molecule has 0 aliphatic carbocycles. The number of anilines is 1. The molecule has 0 unspecified atom stereocenters. The highest BCUT2D eigenvalue weighted by atomic mass is 19.1. The maximum atomic E-state index is 12.8. The number of benzene rings is 2. The molecule has 2 aromatic carbocycles. The van der Waals surface area contributed by atoms with Gasteiger partial charge in [0.2, 0.25) is 11.8 Å². The zero-order valence-electron chi connectivity index (χ0n) is 14.2. The van der Waals surface area contributed by atoms with Gasteiger partial charge in [0, 0.05) is 6.54 Å². The van der Waals surface area contributed by atoms with Gasteiger partial charge in [-0.1, -0.05) is 24.3 Å². The van der Waals surface area contributed by atoms with Crippen molar-refractivity contribution >= 4 is 17.5 Å². The molecular weight excluding hydrogens is 323 g/mol. The average Bonchev–Trinajstić information content (AvgIpc) is 2.55. The highest BCUT2D eigenvalue weighted by Crippen LogP contribution is 2.24. The number of ether oxygens (including phenoxy) is 1. The van der Waals surface area contributed by atoms with Crippen molar-refractivity contribution in [1.82, 2.24) is 5.32 Å². The fourth-order valence-electron chi connectivity index (χ4n) is 2.13. The third kappa shape index (κ3) is 6.25. The standard InChI is InChI=1S/C19H21FN2O3/c1-13(2)25-17-6-4-3-5-16(17)22-19(24)11-18(23)21-12-14-7-9-15(20)10-8-14/h3-10,13H,11-12H2,1-2H3,(H,21,23)(H,22,24). The third-order valence-corrected chi connectivity index (χ3v) is 3.25. The highest BCUT2D eigenvalue weighted by molar-refractivity contribution is 6.04. The van der Waals surface area contributed by atoms with E-state index in [0.717, 1.165) is 5.56 Å². The molecule has 0 aliphatic heterocycles. The molecule has 6 heteroatoms. The number of para-hydroxylation sites is 2. The maximum absolute atomic E-state index is 12.8. The number of hydrogen-bond donors (Lipinski definition) is 2. The van der Waals surface area contributed by atoms with Crippen molar-refractivity contribution in [1.29, 1.82) is 0 Å². The van der Waals surface area contributed by atoms with Gasteiger partial charge < -0.3 is 15.4 Å². The van der Waals surface area contributed by atoms with Crippen molar-refractivity contribution < 1.29 is 18.7 Å². The first-order valence-corrected chi connectivity index (χ1v) is 8.00. The van der Waals surface area contributed by atoms with Crippen LogP contribution in [0.3, 0.4) is 0 Å². The molecule has 2 amide bonds. The molecule has 0 aromatic heterocycles. The van der Waals surface area contributed by atoms with Crippen LogP contribution in [0.4, 0.5) is 10.1 Å². The molecule has 0 fully saturated rings. The zero-order valence-corrected chi connectivity index (χ0v) is 14.2. The van der Waals surface area contributed by atoms with Gasteiger partial charge in [0.1, 0.15) is 18.0 Å². The molecule has 0 bridgehead atoms. The Morgan fingerprint density at radius 1 is 1.04 bits per heavy atom. The van der Waals surface area contributed by atoms with Crippen molar-refractivity contribution in [2.45, 2.75) is 32.9 Å². The summed E-state index contributed by atoms with van der Waals surface area (Å²) in [6.07, 6.45) is -0.339. The summed E-state index contributed by atoms with van der Waals surface area (Å²) in [5.41, 5.74) is 1.28. The molecule has 0 saturated heterocycles. The maximum Gasteiger partial charge on any atom is 0.233 e. The monoisotopic (exact) mass is 344 g/mol. The third-order valence-electron chi connectivity index (χ3n) is 3.25. The molecule has 0 saturated carbocycles. The first kappa shape index (κ1) is 18.4. The molecule has 2 aromatic rings. The highest BCUT2D eigenvalue weighted by Gasteiger charge is 2.12. The van der Waals surface area contributed by atoms with Crippen LogP contribution in [-0.2, 0) is 16.1 Å². The minimum atomic E-state index is -0.434. The van der Waals surface area contributed by atoms with E-state index in [2.05, 4.69) is 10.6 Å². The predicted octanol–water partition coefficient (Wildman–Crippen LogP) is 3.26. The Morgan fingerprint density at radius 3 is 2.40 bits per heavy atom. The minimum absolute atomic E-state index is 0.0305. The van der Waals surface area contributed by atoms with Crippen LogP contribution in [0.5, 0.6) is 5.75 Å². The van der Waals surface area contributed by atoms with Gasteiger partial charge in [0.05, 0.1) is 11.8 Å². The van der Waals surface area contributed by atoms with Gasteiger partial charge in [0.25, 0.3) is 0 Å². The number of amides is 2. The van der Waals surface area contributed by atoms with Crippen LogP contribution < -0.4 is 15.4 Å². The Labute approximate surface area is 146 Å². The van der Waals surface area contributed by atoms with Crippen LogP contribution in [-0.4, -0.2) is 17.9 Å². The molecule has 0 spiro atoms. The van der Waals surface area contributed by atoms with Gasteiger partial charge in [-0.15, -0.1) is 0 Å². The summed E-state index contributed by atoms with van der Waals surface area (Å²) in [4.78, 5) is 23.9. The van der Waals surface area contributed by atoms with E-state index >= 15 is 0 Å². The van der Waals surface area contributed by atoms with Crippen molar-refractivity contribution in [3.63, 3.8) is 0 Å². The molecule has 25 heavy (non-hydrogen) atoms. The SMILES string of the molecule is CC(C)Oc1ccccc1NC(=O)CC(=O)NCc1ccc(F)cc1. The summed E-state index contributed by atoms with van der Waals surface area (Å²) in [5, 5.41) is 5.31. The zero-order chi connectivity index (χ0) is 18.2. The molecule has 0 heterocycles. The summed E-state index contributed by atoms with van der Waals surface area (Å²) < 4.78 is 18.4. The first-order chi connectivity index (χ1) is 11.9. The van der Waals surface area contributed by atoms with E-state index in [0.29, 0.717) is 11.4 Å². The van der Waals surface area contributed by atoms with Gasteiger partial charge in [0.15, 0.2) is 0 Å². The van der Waals surface area contributed by atoms with Crippen LogP contribution in [0.15, 0.2) is 48.5 Å². The normalized spacial score (nSPS) is 10.4. The van der Waals surface area contributed by atoms with Crippen LogP contribution in [0.2, 0.25) is 0 Å². The number of nitrogens with one attached hydrogen (secondary N) is 2. The molecular formula is C19H21FN2O3. The Hall–Kier alpha value is -2.89. The molecule has 0 aliphatic rings. The smallest absolute Gasteiger partial charge is 0.233 e. The van der Waals surface area contributed by atoms with Crippen molar-refractivity contribution in [2.75, 3.05) is 5.32 Å². The molecule has 0 radical (unpaired) electrons. The van der Waals surface area contributed by atoms with Gasteiger partial charge in [-0.05, 0) is 43.7 Å². The Kier molecular flexibility index (Phi) is 6.51. The molecule has 2 N–H and O–H groups in total. The predicted molar refractivity (Wildman–Crippen MR) is 93.7 cm³/mol. The fraction of sp³-hybridized carbons (Fsp3) is 0.263. The minimum Gasteiger partial charge on any atom is -0.489 e. The van der Waals surface area contributed by atoms with E-state index in [1.807, 2.05) is 19.9 Å². The number of hydrogen-bond acceptors (Lipinski definition) is 3. The summed E-state index contributed by atoms with van der Waals surface area (Å²) in [7, 11) is 0. The average molecular weight is 344 g/mol. The number of carbonyl (C=O) groups excluding carboxylic acids is 2. The van der Waals surface area contributed by atoms with Crippen LogP contribution in [0.1, 0.15) is 25.8 Å². The number of rotatable bonds is 7. The molecule has 0 atom stereocenters. The van der Waals surface area contributed by atoms with E-state index in [4.69, 9.17) is 4.74 Å². The Bertz CT molecular complexity index is 730. The van der Waals surface area contributed by atoms with Crippen molar-refractivity contribution in [2.24, 2.45) is 0 Å². The van der Waals surface area contributed by atoms with Gasteiger partial charge >= 0.3 is 0 Å². The lowest BCUT2D eigenvalue weighted by Crippen LogP contribution is -2.27. The lowest BCUT2D eigenvalue weighted by atomic mass is 10.2. The van der Waals surface area contributed by atoms with E-state index in [9.17, 15) is 14.0 Å². The second kappa shape index (κ2) is 8.82. The topological polar surface area (TPSA) is 67.4 Å². The van der Waals surface area contributed by atoms with Crippen LogP contribution in [0.25, 0.3) is 0 Å². The van der Waals surface area contributed by atoms with Gasteiger partial charge in [-0.2, -0.15) is 0 Å². The second-order valence-electron chi connectivity index (χ2n) is 5.79. The largest absolute Gasteiger partial charge is 0.489 e. The lowest BCUT2D eigenvalue weighted by Gasteiger charge is -2.14. The quantitative estimate of drug-likeness (QED) is 0.758. The lowest BCUT2D eigenvalue weighted by molar-refractivity contribution is -0.126. The van der Waals surface area contributed by atoms with E-state index in [1.165, 1.54) is 12.1 Å². The molecule has 132 valence electrons.